The lowest BCUT2D eigenvalue weighted by Gasteiger charge is -2.08. The second kappa shape index (κ2) is 7.31. The van der Waals surface area contributed by atoms with E-state index in [0.29, 0.717) is 12.1 Å². The van der Waals surface area contributed by atoms with Crippen LogP contribution in [0.2, 0.25) is 0 Å². The van der Waals surface area contributed by atoms with Gasteiger partial charge in [0.05, 0.1) is 0 Å². The number of aromatic nitrogens is 2. The molecule has 0 aliphatic heterocycles. The molecule has 2 rings (SSSR count). The van der Waals surface area contributed by atoms with Gasteiger partial charge in [0.25, 0.3) is 11.5 Å². The van der Waals surface area contributed by atoms with Gasteiger partial charge in [-0.15, -0.1) is 0 Å². The first-order valence-corrected chi connectivity index (χ1v) is 7.61. The molecule has 22 heavy (non-hydrogen) atoms. The van der Waals surface area contributed by atoms with E-state index < -0.39 is 11.7 Å². The van der Waals surface area contributed by atoms with Crippen LogP contribution in [-0.2, 0) is 13.1 Å². The number of halogens is 2. The number of nitrogens with one attached hydrogen (secondary N) is 1. The average Bonchev–Trinajstić information content (AvgIpc) is 2.50. The fourth-order valence-corrected chi connectivity index (χ4v) is 2.30. The van der Waals surface area contributed by atoms with Gasteiger partial charge in [-0.05, 0) is 30.7 Å². The Morgan fingerprint density at radius 3 is 2.86 bits per heavy atom. The summed E-state index contributed by atoms with van der Waals surface area (Å²) in [6, 6.07) is 7.17. The minimum absolute atomic E-state index is 0.0404. The van der Waals surface area contributed by atoms with E-state index in [0.717, 1.165) is 10.9 Å². The van der Waals surface area contributed by atoms with Crippen molar-refractivity contribution in [3.05, 3.63) is 62.2 Å². The molecule has 7 heteroatoms. The molecule has 1 aromatic heterocycles. The highest BCUT2D eigenvalue weighted by atomic mass is 79.9. The number of rotatable bonds is 5. The maximum absolute atomic E-state index is 13.6. The summed E-state index contributed by atoms with van der Waals surface area (Å²) in [6.45, 7) is 2.40. The van der Waals surface area contributed by atoms with Crippen LogP contribution < -0.4 is 10.9 Å². The normalized spacial score (nSPS) is 10.5. The summed E-state index contributed by atoms with van der Waals surface area (Å²) < 4.78 is 15.6. The van der Waals surface area contributed by atoms with Gasteiger partial charge in [-0.25, -0.2) is 9.07 Å². The largest absolute Gasteiger partial charge is 0.346 e. The van der Waals surface area contributed by atoms with E-state index in [9.17, 15) is 14.0 Å². The molecule has 0 saturated heterocycles. The highest BCUT2D eigenvalue weighted by molar-refractivity contribution is 9.10. The predicted molar refractivity (Wildman–Crippen MR) is 84.1 cm³/mol. The minimum Gasteiger partial charge on any atom is -0.346 e. The van der Waals surface area contributed by atoms with E-state index in [1.54, 1.807) is 12.1 Å². The number of hydrogen-bond donors (Lipinski definition) is 1. The van der Waals surface area contributed by atoms with Crippen LogP contribution >= 0.6 is 15.9 Å². The second-order valence-corrected chi connectivity index (χ2v) is 5.61. The Morgan fingerprint density at radius 2 is 2.14 bits per heavy atom. The van der Waals surface area contributed by atoms with Gasteiger partial charge in [-0.2, -0.15) is 5.10 Å². The zero-order valence-electron chi connectivity index (χ0n) is 12.0. The highest BCUT2D eigenvalue weighted by Crippen LogP contribution is 2.15. The number of aryl methyl sites for hydroxylation is 1. The molecule has 0 atom stereocenters. The third kappa shape index (κ3) is 4.00. The Morgan fingerprint density at radius 1 is 1.36 bits per heavy atom. The summed E-state index contributed by atoms with van der Waals surface area (Å²) in [5.74, 6) is -0.850. The van der Waals surface area contributed by atoms with Gasteiger partial charge in [0.2, 0.25) is 0 Å². The van der Waals surface area contributed by atoms with Crippen LogP contribution in [0.15, 0.2) is 39.6 Å². The fraction of sp³-hybridized carbons (Fsp3) is 0.267. The quantitative estimate of drug-likeness (QED) is 0.882. The number of nitrogens with zero attached hydrogens (tertiary/aromatic N) is 2. The number of hydrogen-bond acceptors (Lipinski definition) is 3. The molecule has 5 nitrogen and oxygen atoms in total. The molecule has 0 fully saturated rings. The van der Waals surface area contributed by atoms with Crippen LogP contribution in [0.3, 0.4) is 0 Å². The van der Waals surface area contributed by atoms with Gasteiger partial charge >= 0.3 is 0 Å². The van der Waals surface area contributed by atoms with Crippen LogP contribution in [-0.4, -0.2) is 15.7 Å². The first kappa shape index (κ1) is 16.4. The molecule has 0 unspecified atom stereocenters. The van der Waals surface area contributed by atoms with Crippen molar-refractivity contribution in [2.24, 2.45) is 0 Å². The van der Waals surface area contributed by atoms with Crippen molar-refractivity contribution >= 4 is 21.8 Å². The summed E-state index contributed by atoms with van der Waals surface area (Å²) >= 11 is 3.25. The topological polar surface area (TPSA) is 64.0 Å². The number of benzene rings is 1. The Labute approximate surface area is 135 Å². The van der Waals surface area contributed by atoms with E-state index in [-0.39, 0.29) is 17.8 Å². The molecule has 0 spiro atoms. The van der Waals surface area contributed by atoms with Gasteiger partial charge in [-0.3, -0.25) is 9.59 Å². The fourth-order valence-electron chi connectivity index (χ4n) is 1.89. The van der Waals surface area contributed by atoms with E-state index in [1.807, 2.05) is 6.92 Å². The molecule has 1 amide bonds. The molecule has 2 aromatic rings. The smallest absolute Gasteiger partial charge is 0.271 e. The van der Waals surface area contributed by atoms with Crippen molar-refractivity contribution in [1.82, 2.24) is 15.1 Å². The maximum atomic E-state index is 13.6. The maximum Gasteiger partial charge on any atom is 0.271 e. The van der Waals surface area contributed by atoms with Crippen LogP contribution in [0.1, 0.15) is 29.4 Å². The third-order valence-corrected chi connectivity index (χ3v) is 3.48. The Bertz CT molecular complexity index is 746. The third-order valence-electron chi connectivity index (χ3n) is 2.98. The number of carbonyl (C=O) groups excluding carboxylic acids is 1. The summed E-state index contributed by atoms with van der Waals surface area (Å²) in [5, 5.41) is 6.60. The van der Waals surface area contributed by atoms with Crippen molar-refractivity contribution in [2.45, 2.75) is 26.4 Å². The second-order valence-electron chi connectivity index (χ2n) is 4.70. The van der Waals surface area contributed by atoms with Gasteiger partial charge in [0, 0.05) is 29.2 Å². The molecule has 0 radical (unpaired) electrons. The van der Waals surface area contributed by atoms with Gasteiger partial charge in [0.15, 0.2) is 0 Å². The van der Waals surface area contributed by atoms with E-state index in [4.69, 9.17) is 0 Å². The first-order chi connectivity index (χ1) is 10.5. The molecular formula is C15H15BrFN3O2. The molecule has 1 N–H and O–H groups in total. The Balaban J connectivity index is 2.11. The molecule has 116 valence electrons. The first-order valence-electron chi connectivity index (χ1n) is 6.81. The van der Waals surface area contributed by atoms with Crippen LogP contribution in [0, 0.1) is 5.82 Å². The van der Waals surface area contributed by atoms with Crippen LogP contribution in [0.25, 0.3) is 0 Å². The molecule has 0 bridgehead atoms. The molecule has 0 saturated carbocycles. The SMILES string of the molecule is CCCn1nc(C(=O)NCc2cc(Br)ccc2F)ccc1=O. The standard InChI is InChI=1S/C15H15BrFN3O2/c1-2-7-20-14(21)6-5-13(19-20)15(22)18-9-10-8-11(16)3-4-12(10)17/h3-6,8H,2,7,9H2,1H3,(H,18,22). The number of carbonyl (C=O) groups is 1. The van der Waals surface area contributed by atoms with Crippen molar-refractivity contribution in [3.8, 4) is 0 Å². The zero-order chi connectivity index (χ0) is 16.1. The monoisotopic (exact) mass is 367 g/mol. The average molecular weight is 368 g/mol. The van der Waals surface area contributed by atoms with E-state index >= 15 is 0 Å². The van der Waals surface area contributed by atoms with Crippen LogP contribution in [0.4, 0.5) is 4.39 Å². The Kier molecular flexibility index (Phi) is 5.43. The van der Waals surface area contributed by atoms with Crippen molar-refractivity contribution in [3.63, 3.8) is 0 Å². The minimum atomic E-state index is -0.454. The lowest BCUT2D eigenvalue weighted by Crippen LogP contribution is -2.29. The van der Waals surface area contributed by atoms with E-state index in [1.165, 1.54) is 22.9 Å². The van der Waals surface area contributed by atoms with Crippen molar-refractivity contribution in [2.75, 3.05) is 0 Å². The van der Waals surface area contributed by atoms with Crippen LogP contribution in [0.5, 0.6) is 0 Å². The van der Waals surface area contributed by atoms with E-state index in [2.05, 4.69) is 26.3 Å². The van der Waals surface area contributed by atoms with Gasteiger partial charge < -0.3 is 5.32 Å². The Hall–Kier alpha value is -2.02. The predicted octanol–water partition coefficient (Wildman–Crippen LogP) is 2.48. The summed E-state index contributed by atoms with van der Waals surface area (Å²) in [7, 11) is 0. The highest BCUT2D eigenvalue weighted by Gasteiger charge is 2.11. The lowest BCUT2D eigenvalue weighted by atomic mass is 10.2. The van der Waals surface area contributed by atoms with Gasteiger partial charge in [-0.1, -0.05) is 22.9 Å². The molecule has 1 aromatic carbocycles. The zero-order valence-corrected chi connectivity index (χ0v) is 13.6. The lowest BCUT2D eigenvalue weighted by molar-refractivity contribution is 0.0943. The molecule has 0 aliphatic rings. The molecule has 1 heterocycles. The summed E-state index contributed by atoms with van der Waals surface area (Å²) in [6.07, 6.45) is 0.737. The summed E-state index contributed by atoms with van der Waals surface area (Å²) in [4.78, 5) is 23.6. The summed E-state index contributed by atoms with van der Waals surface area (Å²) in [5.41, 5.74) is 0.240. The molecular weight excluding hydrogens is 353 g/mol. The van der Waals surface area contributed by atoms with Crippen molar-refractivity contribution < 1.29 is 9.18 Å². The van der Waals surface area contributed by atoms with Crippen molar-refractivity contribution in [1.29, 1.82) is 0 Å². The number of amides is 1. The molecule has 0 aliphatic carbocycles. The van der Waals surface area contributed by atoms with Gasteiger partial charge in [0.1, 0.15) is 11.5 Å².